The smallest absolute Gasteiger partial charge is 0.295 e. The predicted octanol–water partition coefficient (Wildman–Crippen LogP) is 0.285. The molecule has 0 spiro atoms. The molecule has 0 bridgehead atoms. The summed E-state index contributed by atoms with van der Waals surface area (Å²) >= 11 is 0. The number of rotatable bonds is 3. The van der Waals surface area contributed by atoms with Crippen molar-refractivity contribution in [3.05, 3.63) is 16.7 Å². The van der Waals surface area contributed by atoms with E-state index in [1.165, 1.54) is 13.4 Å². The van der Waals surface area contributed by atoms with Crippen molar-refractivity contribution in [1.29, 1.82) is 0 Å². The van der Waals surface area contributed by atoms with Crippen molar-refractivity contribution >= 4 is 5.82 Å². The third-order valence-electron chi connectivity index (χ3n) is 3.07. The topological polar surface area (TPSA) is 70.2 Å². The fraction of sp³-hybridized carbons (Fsp3) is 0.636. The maximum absolute atomic E-state index is 11.5. The molecule has 0 saturated carbocycles. The summed E-state index contributed by atoms with van der Waals surface area (Å²) in [5.74, 6) is 0.789. The van der Waals surface area contributed by atoms with Gasteiger partial charge in [0, 0.05) is 6.04 Å². The molecule has 2 N–H and O–H groups in total. The molecule has 1 fully saturated rings. The first-order valence-corrected chi connectivity index (χ1v) is 5.77. The van der Waals surface area contributed by atoms with Gasteiger partial charge in [-0.2, -0.15) is 0 Å². The molecule has 94 valence electrons. The van der Waals surface area contributed by atoms with Crippen molar-refractivity contribution in [3.63, 3.8) is 0 Å². The summed E-state index contributed by atoms with van der Waals surface area (Å²) in [6.07, 6.45) is 3.49. The summed E-state index contributed by atoms with van der Waals surface area (Å²) in [6.45, 7) is 2.12. The van der Waals surface area contributed by atoms with E-state index in [1.807, 2.05) is 0 Å². The summed E-state index contributed by atoms with van der Waals surface area (Å²) in [5.41, 5.74) is -0.252. The molecule has 0 amide bonds. The van der Waals surface area contributed by atoms with E-state index >= 15 is 0 Å². The van der Waals surface area contributed by atoms with Gasteiger partial charge in [0.05, 0.1) is 13.4 Å². The Morgan fingerprint density at radius 3 is 2.88 bits per heavy atom. The molecule has 0 unspecified atom stereocenters. The van der Waals surface area contributed by atoms with Crippen LogP contribution in [0.1, 0.15) is 12.8 Å². The van der Waals surface area contributed by atoms with Crippen LogP contribution in [-0.2, 0) is 0 Å². The van der Waals surface area contributed by atoms with Crippen LogP contribution in [0.15, 0.2) is 11.1 Å². The Morgan fingerprint density at radius 2 is 2.24 bits per heavy atom. The zero-order chi connectivity index (χ0) is 12.3. The van der Waals surface area contributed by atoms with Crippen LogP contribution >= 0.6 is 0 Å². The lowest BCUT2D eigenvalue weighted by molar-refractivity contribution is 0.263. The minimum Gasteiger partial charge on any atom is -0.489 e. The largest absolute Gasteiger partial charge is 0.489 e. The highest BCUT2D eigenvalue weighted by Crippen LogP contribution is 2.19. The van der Waals surface area contributed by atoms with Crippen LogP contribution in [0, 0.1) is 0 Å². The lowest BCUT2D eigenvalue weighted by atomic mass is 10.1. The summed E-state index contributed by atoms with van der Waals surface area (Å²) in [7, 11) is 3.59. The molecule has 2 heterocycles. The number of piperidine rings is 1. The normalized spacial score (nSPS) is 18.0. The average molecular weight is 238 g/mol. The van der Waals surface area contributed by atoms with Gasteiger partial charge in [-0.1, -0.05) is 0 Å². The summed E-state index contributed by atoms with van der Waals surface area (Å²) in [4.78, 5) is 20.4. The number of hydrogen-bond donors (Lipinski definition) is 2. The predicted molar refractivity (Wildman–Crippen MR) is 65.6 cm³/mol. The molecular weight excluding hydrogens is 220 g/mol. The Labute approximate surface area is 100 Å². The Balaban J connectivity index is 2.08. The molecule has 0 atom stereocenters. The van der Waals surface area contributed by atoms with Crippen LogP contribution in [0.2, 0.25) is 0 Å². The van der Waals surface area contributed by atoms with Crippen LogP contribution in [0.4, 0.5) is 5.82 Å². The first-order chi connectivity index (χ1) is 8.20. The van der Waals surface area contributed by atoms with Gasteiger partial charge < -0.3 is 19.9 Å². The van der Waals surface area contributed by atoms with E-state index in [-0.39, 0.29) is 11.3 Å². The van der Waals surface area contributed by atoms with Crippen molar-refractivity contribution < 1.29 is 4.74 Å². The average Bonchev–Trinajstić information content (AvgIpc) is 2.32. The fourth-order valence-corrected chi connectivity index (χ4v) is 2.03. The highest BCUT2D eigenvalue weighted by molar-refractivity contribution is 5.48. The van der Waals surface area contributed by atoms with Crippen molar-refractivity contribution in [1.82, 2.24) is 14.9 Å². The molecule has 1 aromatic rings. The molecule has 1 aromatic heterocycles. The van der Waals surface area contributed by atoms with Gasteiger partial charge in [-0.25, -0.2) is 4.98 Å². The van der Waals surface area contributed by atoms with Crippen molar-refractivity contribution in [2.24, 2.45) is 0 Å². The molecule has 1 aliphatic rings. The number of aromatic nitrogens is 2. The Bertz CT molecular complexity index is 424. The molecule has 6 heteroatoms. The van der Waals surface area contributed by atoms with Crippen LogP contribution < -0.4 is 15.6 Å². The van der Waals surface area contributed by atoms with Gasteiger partial charge in [-0.15, -0.1) is 0 Å². The maximum Gasteiger partial charge on any atom is 0.295 e. The van der Waals surface area contributed by atoms with Crippen molar-refractivity contribution in [2.45, 2.75) is 18.9 Å². The maximum atomic E-state index is 11.5. The van der Waals surface area contributed by atoms with E-state index in [0.717, 1.165) is 25.9 Å². The standard InChI is InChI=1S/C11H18N4O2/c1-15-5-3-8(4-6-15)14-10-9(17-2)11(16)13-7-12-10/h7-8H,3-6H2,1-2H3,(H2,12,13,14,16). The van der Waals surface area contributed by atoms with Crippen molar-refractivity contribution in [2.75, 3.05) is 32.6 Å². The number of nitrogens with one attached hydrogen (secondary N) is 2. The molecule has 17 heavy (non-hydrogen) atoms. The third-order valence-corrected chi connectivity index (χ3v) is 3.07. The van der Waals surface area contributed by atoms with Gasteiger partial charge in [0.25, 0.3) is 5.56 Å². The van der Waals surface area contributed by atoms with E-state index in [0.29, 0.717) is 11.9 Å². The molecule has 0 aliphatic carbocycles. The fourth-order valence-electron chi connectivity index (χ4n) is 2.03. The Morgan fingerprint density at radius 1 is 1.53 bits per heavy atom. The number of ether oxygens (including phenoxy) is 1. The van der Waals surface area contributed by atoms with Gasteiger partial charge >= 0.3 is 0 Å². The molecule has 0 aromatic carbocycles. The minimum atomic E-state index is -0.252. The number of methoxy groups -OCH3 is 1. The van der Waals surface area contributed by atoms with Crippen LogP contribution in [0.3, 0.4) is 0 Å². The SMILES string of the molecule is COc1c(NC2CCN(C)CC2)nc[nH]c1=O. The molecule has 2 rings (SSSR count). The highest BCUT2D eigenvalue weighted by Gasteiger charge is 2.19. The second-order valence-corrected chi connectivity index (χ2v) is 4.34. The second-order valence-electron chi connectivity index (χ2n) is 4.34. The van der Waals surface area contributed by atoms with E-state index in [9.17, 15) is 4.79 Å². The van der Waals surface area contributed by atoms with Gasteiger partial charge in [0.1, 0.15) is 0 Å². The van der Waals surface area contributed by atoms with Crippen LogP contribution in [0.25, 0.3) is 0 Å². The van der Waals surface area contributed by atoms with E-state index in [4.69, 9.17) is 4.74 Å². The molecule has 0 radical (unpaired) electrons. The van der Waals surface area contributed by atoms with Gasteiger partial charge in [0.15, 0.2) is 5.82 Å². The summed E-state index contributed by atoms with van der Waals surface area (Å²) < 4.78 is 5.06. The molecule has 6 nitrogen and oxygen atoms in total. The van der Waals surface area contributed by atoms with Gasteiger partial charge in [0.2, 0.25) is 5.75 Å². The number of likely N-dealkylation sites (tertiary alicyclic amines) is 1. The highest BCUT2D eigenvalue weighted by atomic mass is 16.5. The lowest BCUT2D eigenvalue weighted by Gasteiger charge is -2.29. The molecular formula is C11H18N4O2. The summed E-state index contributed by atoms with van der Waals surface area (Å²) in [5, 5.41) is 3.28. The molecule has 1 saturated heterocycles. The minimum absolute atomic E-state index is 0.252. The number of aromatic amines is 1. The van der Waals surface area contributed by atoms with E-state index < -0.39 is 0 Å². The zero-order valence-electron chi connectivity index (χ0n) is 10.2. The monoisotopic (exact) mass is 238 g/mol. The number of H-pyrrole nitrogens is 1. The third kappa shape index (κ3) is 2.76. The quantitative estimate of drug-likeness (QED) is 0.791. The first kappa shape index (κ1) is 11.9. The number of hydrogen-bond acceptors (Lipinski definition) is 5. The zero-order valence-corrected chi connectivity index (χ0v) is 10.2. The van der Waals surface area contributed by atoms with Gasteiger partial charge in [-0.05, 0) is 33.0 Å². The van der Waals surface area contributed by atoms with Crippen LogP contribution in [-0.4, -0.2) is 48.2 Å². The Kier molecular flexibility index (Phi) is 3.63. The first-order valence-electron chi connectivity index (χ1n) is 5.77. The molecule has 1 aliphatic heterocycles. The lowest BCUT2D eigenvalue weighted by Crippen LogP contribution is -2.37. The van der Waals surface area contributed by atoms with E-state index in [2.05, 4.69) is 27.2 Å². The number of anilines is 1. The second kappa shape index (κ2) is 5.18. The van der Waals surface area contributed by atoms with Crippen molar-refractivity contribution in [3.8, 4) is 5.75 Å². The Hall–Kier alpha value is -1.56. The van der Waals surface area contributed by atoms with Crippen LogP contribution in [0.5, 0.6) is 5.75 Å². The van der Waals surface area contributed by atoms with Gasteiger partial charge in [-0.3, -0.25) is 4.79 Å². The number of nitrogens with zero attached hydrogens (tertiary/aromatic N) is 2. The summed E-state index contributed by atoms with van der Waals surface area (Å²) in [6, 6.07) is 0.356. The van der Waals surface area contributed by atoms with E-state index in [1.54, 1.807) is 0 Å².